The van der Waals surface area contributed by atoms with Crippen molar-refractivity contribution in [1.29, 1.82) is 0 Å². The summed E-state index contributed by atoms with van der Waals surface area (Å²) in [5.41, 5.74) is 0. The average molecular weight is 422 g/mol. The fourth-order valence-electron chi connectivity index (χ4n) is 3.55. The first-order chi connectivity index (χ1) is 14.0. The summed E-state index contributed by atoms with van der Waals surface area (Å²) in [5, 5.41) is 4.65. The molecule has 1 saturated heterocycles. The molecule has 29 heavy (non-hydrogen) atoms. The van der Waals surface area contributed by atoms with Crippen molar-refractivity contribution in [1.82, 2.24) is 14.3 Å². The molecule has 0 radical (unpaired) electrons. The van der Waals surface area contributed by atoms with E-state index in [0.29, 0.717) is 24.7 Å². The van der Waals surface area contributed by atoms with Gasteiger partial charge in [-0.05, 0) is 56.2 Å². The first-order valence-electron chi connectivity index (χ1n) is 9.91. The number of aromatic nitrogens is 3. The quantitative estimate of drug-likeness (QED) is 0.513. The summed E-state index contributed by atoms with van der Waals surface area (Å²) in [6.45, 7) is 4.95. The van der Waals surface area contributed by atoms with Gasteiger partial charge in [-0.1, -0.05) is 0 Å². The molecule has 1 aliphatic heterocycles. The van der Waals surface area contributed by atoms with Gasteiger partial charge in [-0.15, -0.1) is 5.10 Å². The lowest BCUT2D eigenvalue weighted by Crippen LogP contribution is -3.13. The second-order valence-electron chi connectivity index (χ2n) is 7.17. The zero-order valence-corrected chi connectivity index (χ0v) is 18.0. The number of benzene rings is 1. The number of methoxy groups -OCH3 is 1. The van der Waals surface area contributed by atoms with Crippen molar-refractivity contribution in [3.05, 3.63) is 34.9 Å². The molecule has 1 aromatic heterocycles. The summed E-state index contributed by atoms with van der Waals surface area (Å²) >= 11 is 5.56. The van der Waals surface area contributed by atoms with E-state index >= 15 is 0 Å². The summed E-state index contributed by atoms with van der Waals surface area (Å²) in [7, 11) is 3.53. The van der Waals surface area contributed by atoms with Crippen LogP contribution in [0.25, 0.3) is 0 Å². The number of nitrogens with zero attached hydrogens (tertiary/aromatic N) is 3. The zero-order valence-electron chi connectivity index (χ0n) is 17.2. The van der Waals surface area contributed by atoms with Crippen molar-refractivity contribution >= 4 is 18.2 Å². The summed E-state index contributed by atoms with van der Waals surface area (Å²) in [6.07, 6.45) is 1.88. The van der Waals surface area contributed by atoms with Gasteiger partial charge in [-0.25, -0.2) is 0 Å². The fourth-order valence-corrected chi connectivity index (χ4v) is 3.76. The minimum Gasteiger partial charge on any atom is -0.497 e. The lowest BCUT2D eigenvalue weighted by molar-refractivity contribution is -0.930. The van der Waals surface area contributed by atoms with Crippen molar-refractivity contribution in [3.63, 3.8) is 0 Å². The molecule has 0 saturated carbocycles. The molecular weight excluding hydrogens is 392 g/mol. The number of piperidine rings is 1. The third-order valence-electron chi connectivity index (χ3n) is 5.17. The van der Waals surface area contributed by atoms with Gasteiger partial charge in [0.25, 0.3) is 0 Å². The third-order valence-corrected chi connectivity index (χ3v) is 5.65. The zero-order chi connectivity index (χ0) is 20.8. The predicted octanol–water partition coefficient (Wildman–Crippen LogP) is 1.35. The van der Waals surface area contributed by atoms with Gasteiger partial charge in [0.05, 0.1) is 26.8 Å². The molecule has 1 aliphatic rings. The molecule has 1 aromatic carbocycles. The maximum Gasteiger partial charge on any atom is 0.314 e. The van der Waals surface area contributed by atoms with Crippen molar-refractivity contribution in [3.8, 4) is 11.5 Å². The summed E-state index contributed by atoms with van der Waals surface area (Å²) in [6, 6.07) is 7.42. The molecule has 2 heterocycles. The van der Waals surface area contributed by atoms with Gasteiger partial charge in [-0.3, -0.25) is 4.79 Å². The monoisotopic (exact) mass is 421 g/mol. The second-order valence-corrected chi connectivity index (χ2v) is 7.54. The van der Waals surface area contributed by atoms with Crippen LogP contribution >= 0.6 is 12.2 Å². The maximum atomic E-state index is 12.1. The minimum absolute atomic E-state index is 0.0468. The van der Waals surface area contributed by atoms with Crippen LogP contribution in [0.3, 0.4) is 0 Å². The lowest BCUT2D eigenvalue weighted by atomic mass is 9.99. The Morgan fingerprint density at radius 3 is 2.72 bits per heavy atom. The van der Waals surface area contributed by atoms with Gasteiger partial charge in [0.2, 0.25) is 4.77 Å². The Kier molecular flexibility index (Phi) is 7.27. The van der Waals surface area contributed by atoms with Gasteiger partial charge in [0.15, 0.2) is 12.5 Å². The average Bonchev–Trinajstić information content (AvgIpc) is 3.01. The fraction of sp³-hybridized carbons (Fsp3) is 0.550. The van der Waals surface area contributed by atoms with Crippen LogP contribution < -0.4 is 14.4 Å². The van der Waals surface area contributed by atoms with Gasteiger partial charge in [0.1, 0.15) is 24.0 Å². The normalized spacial score (nSPS) is 19.0. The maximum absolute atomic E-state index is 12.1. The Morgan fingerprint density at radius 2 is 2.03 bits per heavy atom. The van der Waals surface area contributed by atoms with Gasteiger partial charge in [-0.2, -0.15) is 4.68 Å². The number of hydrogen-bond donors (Lipinski definition) is 1. The Labute approximate surface area is 176 Å². The minimum atomic E-state index is -0.0945. The highest BCUT2D eigenvalue weighted by atomic mass is 32.1. The van der Waals surface area contributed by atoms with E-state index in [1.807, 2.05) is 47.5 Å². The highest BCUT2D eigenvalue weighted by Crippen LogP contribution is 2.18. The summed E-state index contributed by atoms with van der Waals surface area (Å²) in [5.74, 6) is 2.14. The molecule has 1 fully saturated rings. The van der Waals surface area contributed by atoms with Crippen LogP contribution in [-0.4, -0.2) is 47.1 Å². The van der Waals surface area contributed by atoms with Crippen LogP contribution in [0.15, 0.2) is 24.3 Å². The Morgan fingerprint density at radius 1 is 1.31 bits per heavy atom. The standard InChI is InChI=1S/C20H28N4O4S/c1-4-27-19(25)15-6-5-11-23(12-15)14-24-20(29)22(2)18(21-24)13-28-17-9-7-16(26-3)8-10-17/h7-10,15H,4-6,11-14H2,1-3H3/p+1/t15-/m0/s1. The van der Waals surface area contributed by atoms with E-state index in [1.54, 1.807) is 7.11 Å². The van der Waals surface area contributed by atoms with E-state index in [0.717, 1.165) is 43.3 Å². The van der Waals surface area contributed by atoms with Crippen LogP contribution in [0.5, 0.6) is 11.5 Å². The van der Waals surface area contributed by atoms with Gasteiger partial charge >= 0.3 is 5.97 Å². The van der Waals surface area contributed by atoms with Crippen LogP contribution in [0.1, 0.15) is 25.6 Å². The number of carbonyl (C=O) groups is 1. The Balaban J connectivity index is 1.62. The molecule has 8 nitrogen and oxygen atoms in total. The SMILES string of the molecule is CCOC(=O)[C@H]1CCC[NH+](Cn2nc(COc3ccc(OC)cc3)n(C)c2=S)C1. The van der Waals surface area contributed by atoms with E-state index in [-0.39, 0.29) is 11.9 Å². The molecule has 2 aromatic rings. The molecule has 1 unspecified atom stereocenters. The molecular formula is C20H29N4O4S+. The Bertz CT molecular complexity index is 878. The summed E-state index contributed by atoms with van der Waals surface area (Å²) < 4.78 is 20.5. The number of ether oxygens (including phenoxy) is 3. The number of nitrogens with one attached hydrogen (secondary N) is 1. The van der Waals surface area contributed by atoms with Crippen LogP contribution in [-0.2, 0) is 29.9 Å². The van der Waals surface area contributed by atoms with E-state index in [4.69, 9.17) is 26.4 Å². The molecule has 0 aliphatic carbocycles. The van der Waals surface area contributed by atoms with Crippen molar-refractivity contribution in [2.45, 2.75) is 33.0 Å². The molecule has 158 valence electrons. The van der Waals surface area contributed by atoms with Crippen LogP contribution in [0, 0.1) is 10.7 Å². The molecule has 0 spiro atoms. The van der Waals surface area contributed by atoms with Gasteiger partial charge in [0, 0.05) is 7.05 Å². The van der Waals surface area contributed by atoms with Crippen LogP contribution in [0.4, 0.5) is 0 Å². The van der Waals surface area contributed by atoms with Crippen LogP contribution in [0.2, 0.25) is 0 Å². The predicted molar refractivity (Wildman–Crippen MR) is 109 cm³/mol. The molecule has 9 heteroatoms. The van der Waals surface area contributed by atoms with E-state index in [1.165, 1.54) is 4.90 Å². The molecule has 3 rings (SSSR count). The Hall–Kier alpha value is -2.39. The molecule has 2 atom stereocenters. The molecule has 1 N–H and O–H groups in total. The van der Waals surface area contributed by atoms with Crippen molar-refractivity contribution < 1.29 is 23.9 Å². The highest BCUT2D eigenvalue weighted by molar-refractivity contribution is 7.71. The largest absolute Gasteiger partial charge is 0.497 e. The third kappa shape index (κ3) is 5.36. The van der Waals surface area contributed by atoms with Gasteiger partial charge < -0.3 is 23.7 Å². The van der Waals surface area contributed by atoms with E-state index in [2.05, 4.69) is 5.10 Å². The number of hydrogen-bond acceptors (Lipinski definition) is 6. The second kappa shape index (κ2) is 9.89. The highest BCUT2D eigenvalue weighted by Gasteiger charge is 2.30. The van der Waals surface area contributed by atoms with Crippen molar-refractivity contribution in [2.75, 3.05) is 26.8 Å². The first-order valence-corrected chi connectivity index (χ1v) is 10.3. The van der Waals surface area contributed by atoms with E-state index in [9.17, 15) is 4.79 Å². The topological polar surface area (TPSA) is 72.0 Å². The number of likely N-dealkylation sites (tertiary alicyclic amines) is 1. The number of rotatable bonds is 8. The lowest BCUT2D eigenvalue weighted by Gasteiger charge is -2.28. The van der Waals surface area contributed by atoms with E-state index < -0.39 is 0 Å². The summed E-state index contributed by atoms with van der Waals surface area (Å²) in [4.78, 5) is 13.4. The number of carbonyl (C=O) groups excluding carboxylic acids is 1. The number of esters is 1. The van der Waals surface area contributed by atoms with Crippen molar-refractivity contribution in [2.24, 2.45) is 13.0 Å². The first kappa shape index (κ1) is 21.3. The molecule has 0 bridgehead atoms. The number of quaternary nitrogens is 1. The smallest absolute Gasteiger partial charge is 0.314 e. The molecule has 0 amide bonds.